The summed E-state index contributed by atoms with van der Waals surface area (Å²) in [5.41, 5.74) is 1.31. The SMILES string of the molecule is [CH2]CCCNCCCc1ccccc1OCC. The highest BCUT2D eigenvalue weighted by Gasteiger charge is 2.01. The van der Waals surface area contributed by atoms with Gasteiger partial charge in [0.15, 0.2) is 0 Å². The second kappa shape index (κ2) is 9.06. The van der Waals surface area contributed by atoms with E-state index in [1.54, 1.807) is 0 Å². The van der Waals surface area contributed by atoms with Gasteiger partial charge in [0.05, 0.1) is 6.61 Å². The molecule has 0 atom stereocenters. The minimum atomic E-state index is 0.735. The van der Waals surface area contributed by atoms with Crippen molar-refractivity contribution in [3.8, 4) is 5.75 Å². The first kappa shape index (κ1) is 14.0. The third-order valence-corrected chi connectivity index (χ3v) is 2.68. The van der Waals surface area contributed by atoms with Gasteiger partial charge in [0.2, 0.25) is 0 Å². The molecule has 17 heavy (non-hydrogen) atoms. The summed E-state index contributed by atoms with van der Waals surface area (Å²) in [6, 6.07) is 8.31. The molecule has 2 nitrogen and oxygen atoms in total. The highest BCUT2D eigenvalue weighted by atomic mass is 16.5. The molecule has 0 bridgehead atoms. The lowest BCUT2D eigenvalue weighted by molar-refractivity contribution is 0.336. The minimum Gasteiger partial charge on any atom is -0.494 e. The Morgan fingerprint density at radius 3 is 2.71 bits per heavy atom. The number of nitrogens with one attached hydrogen (secondary N) is 1. The second-order valence-electron chi connectivity index (χ2n) is 4.10. The fourth-order valence-electron chi connectivity index (χ4n) is 1.79. The van der Waals surface area contributed by atoms with Crippen LogP contribution >= 0.6 is 0 Å². The maximum atomic E-state index is 5.60. The van der Waals surface area contributed by atoms with Gasteiger partial charge in [-0.25, -0.2) is 0 Å². The van der Waals surface area contributed by atoms with Gasteiger partial charge in [0.25, 0.3) is 0 Å². The van der Waals surface area contributed by atoms with Crippen molar-refractivity contribution >= 4 is 0 Å². The summed E-state index contributed by atoms with van der Waals surface area (Å²) in [5, 5.41) is 3.43. The first-order valence-electron chi connectivity index (χ1n) is 6.59. The van der Waals surface area contributed by atoms with Crippen LogP contribution in [0.4, 0.5) is 0 Å². The van der Waals surface area contributed by atoms with Gasteiger partial charge in [0.1, 0.15) is 5.75 Å². The Morgan fingerprint density at radius 1 is 1.18 bits per heavy atom. The molecule has 0 unspecified atom stereocenters. The Bertz CT molecular complexity index is 299. The van der Waals surface area contributed by atoms with Crippen molar-refractivity contribution in [1.29, 1.82) is 0 Å². The first-order chi connectivity index (χ1) is 8.38. The normalized spacial score (nSPS) is 10.5. The van der Waals surface area contributed by atoms with Crippen molar-refractivity contribution in [1.82, 2.24) is 5.32 Å². The van der Waals surface area contributed by atoms with E-state index in [0.29, 0.717) is 0 Å². The van der Waals surface area contributed by atoms with Crippen LogP contribution in [0.25, 0.3) is 0 Å². The van der Waals surface area contributed by atoms with Crippen LogP contribution in [0.5, 0.6) is 5.75 Å². The molecule has 1 rings (SSSR count). The van der Waals surface area contributed by atoms with Crippen molar-refractivity contribution in [3.05, 3.63) is 36.8 Å². The molecule has 1 aromatic carbocycles. The highest BCUT2D eigenvalue weighted by molar-refractivity contribution is 5.33. The third-order valence-electron chi connectivity index (χ3n) is 2.68. The van der Waals surface area contributed by atoms with E-state index in [0.717, 1.165) is 51.1 Å². The van der Waals surface area contributed by atoms with Crippen LogP contribution in [0.15, 0.2) is 24.3 Å². The zero-order valence-electron chi connectivity index (χ0n) is 10.9. The fourth-order valence-corrected chi connectivity index (χ4v) is 1.79. The largest absolute Gasteiger partial charge is 0.494 e. The average molecular weight is 234 g/mol. The topological polar surface area (TPSA) is 21.3 Å². The molecular weight excluding hydrogens is 210 g/mol. The van der Waals surface area contributed by atoms with Gasteiger partial charge < -0.3 is 10.1 Å². The third kappa shape index (κ3) is 5.73. The van der Waals surface area contributed by atoms with Gasteiger partial charge in [-0.3, -0.25) is 0 Å². The molecule has 95 valence electrons. The number of rotatable bonds is 9. The molecule has 0 spiro atoms. The van der Waals surface area contributed by atoms with Gasteiger partial charge in [-0.15, -0.1) is 0 Å². The molecule has 0 aliphatic carbocycles. The smallest absolute Gasteiger partial charge is 0.122 e. The lowest BCUT2D eigenvalue weighted by atomic mass is 10.1. The highest BCUT2D eigenvalue weighted by Crippen LogP contribution is 2.19. The van der Waals surface area contributed by atoms with E-state index in [-0.39, 0.29) is 0 Å². The molecule has 0 aliphatic heterocycles. The van der Waals surface area contributed by atoms with Gasteiger partial charge in [-0.05, 0) is 50.9 Å². The van der Waals surface area contributed by atoms with Gasteiger partial charge >= 0.3 is 0 Å². The molecule has 0 saturated heterocycles. The van der Waals surface area contributed by atoms with Crippen molar-refractivity contribution < 1.29 is 4.74 Å². The Labute approximate surface area is 105 Å². The summed E-state index contributed by atoms with van der Waals surface area (Å²) in [6.45, 7) is 8.74. The van der Waals surface area contributed by atoms with Crippen LogP contribution in [0.2, 0.25) is 0 Å². The Morgan fingerprint density at radius 2 is 1.94 bits per heavy atom. The van der Waals surface area contributed by atoms with Crippen molar-refractivity contribution in [3.63, 3.8) is 0 Å². The predicted octanol–water partition coefficient (Wildman–Crippen LogP) is 3.22. The number of unbranched alkanes of at least 4 members (excludes halogenated alkanes) is 1. The van der Waals surface area contributed by atoms with Gasteiger partial charge in [-0.2, -0.15) is 0 Å². The zero-order valence-corrected chi connectivity index (χ0v) is 10.9. The number of hydrogen-bond donors (Lipinski definition) is 1. The van der Waals surface area contributed by atoms with E-state index in [1.165, 1.54) is 5.56 Å². The van der Waals surface area contributed by atoms with Crippen LogP contribution in [0.3, 0.4) is 0 Å². The number of hydrogen-bond acceptors (Lipinski definition) is 2. The number of ether oxygens (including phenoxy) is 1. The molecule has 2 heteroatoms. The summed E-state index contributed by atoms with van der Waals surface area (Å²) in [4.78, 5) is 0. The molecule has 1 aromatic rings. The van der Waals surface area contributed by atoms with Crippen molar-refractivity contribution in [2.75, 3.05) is 19.7 Å². The monoisotopic (exact) mass is 234 g/mol. The van der Waals surface area contributed by atoms with Crippen molar-refractivity contribution in [2.45, 2.75) is 32.6 Å². The average Bonchev–Trinajstić information content (AvgIpc) is 2.36. The molecule has 0 aromatic heterocycles. The van der Waals surface area contributed by atoms with E-state index >= 15 is 0 Å². The van der Waals surface area contributed by atoms with Crippen LogP contribution < -0.4 is 10.1 Å². The number of aryl methyl sites for hydroxylation is 1. The fraction of sp³-hybridized carbons (Fsp3) is 0.533. The summed E-state index contributed by atoms with van der Waals surface area (Å²) in [6.07, 6.45) is 4.41. The Kier molecular flexibility index (Phi) is 7.48. The molecule has 0 aliphatic rings. The van der Waals surface area contributed by atoms with E-state index in [2.05, 4.69) is 30.4 Å². The Balaban J connectivity index is 2.25. The first-order valence-corrected chi connectivity index (χ1v) is 6.59. The lowest BCUT2D eigenvalue weighted by Crippen LogP contribution is -2.17. The quantitative estimate of drug-likeness (QED) is 0.662. The van der Waals surface area contributed by atoms with Gasteiger partial charge in [0, 0.05) is 0 Å². The molecule has 0 heterocycles. The summed E-state index contributed by atoms with van der Waals surface area (Å²) >= 11 is 0. The predicted molar refractivity (Wildman–Crippen MR) is 73.4 cm³/mol. The van der Waals surface area contributed by atoms with E-state index in [9.17, 15) is 0 Å². The van der Waals surface area contributed by atoms with E-state index in [4.69, 9.17) is 4.74 Å². The van der Waals surface area contributed by atoms with E-state index in [1.807, 2.05) is 13.0 Å². The minimum absolute atomic E-state index is 0.735. The van der Waals surface area contributed by atoms with Crippen molar-refractivity contribution in [2.24, 2.45) is 0 Å². The van der Waals surface area contributed by atoms with E-state index < -0.39 is 0 Å². The molecular formula is C15H24NO. The number of benzene rings is 1. The van der Waals surface area contributed by atoms with Gasteiger partial charge in [-0.1, -0.05) is 31.5 Å². The van der Waals surface area contributed by atoms with Crippen LogP contribution in [-0.4, -0.2) is 19.7 Å². The summed E-state index contributed by atoms with van der Waals surface area (Å²) in [5.74, 6) is 1.03. The Hall–Kier alpha value is -1.02. The molecule has 0 fully saturated rings. The molecule has 0 saturated carbocycles. The molecule has 1 radical (unpaired) electrons. The second-order valence-corrected chi connectivity index (χ2v) is 4.10. The maximum absolute atomic E-state index is 5.60. The zero-order chi connectivity index (χ0) is 12.3. The van der Waals surface area contributed by atoms with Crippen LogP contribution in [0.1, 0.15) is 31.7 Å². The maximum Gasteiger partial charge on any atom is 0.122 e. The van der Waals surface area contributed by atoms with Crippen LogP contribution in [-0.2, 0) is 6.42 Å². The molecule has 0 amide bonds. The number of para-hydroxylation sites is 1. The standard InChI is InChI=1S/C15H24NO/c1-3-5-12-16-13-8-10-14-9-6-7-11-15(14)17-4-2/h6-7,9,11,16H,1,3-5,8,10,12-13H2,2H3. The van der Waals surface area contributed by atoms with Crippen LogP contribution in [0, 0.1) is 6.92 Å². The molecule has 1 N–H and O–H groups in total. The summed E-state index contributed by atoms with van der Waals surface area (Å²) in [7, 11) is 0. The lowest BCUT2D eigenvalue weighted by Gasteiger charge is -2.10. The summed E-state index contributed by atoms with van der Waals surface area (Å²) < 4.78 is 5.60.